The Labute approximate surface area is 116 Å². The molecule has 1 rings (SSSR count). The largest absolute Gasteiger partial charge is 0.464 e. The Bertz CT molecular complexity index is 440. The van der Waals surface area contributed by atoms with Crippen molar-refractivity contribution in [3.8, 4) is 0 Å². The minimum atomic E-state index is -1.98. The molecule has 0 radical (unpaired) electrons. The van der Waals surface area contributed by atoms with Crippen molar-refractivity contribution in [2.45, 2.75) is 19.4 Å². The van der Waals surface area contributed by atoms with E-state index in [0.717, 1.165) is 0 Å². The van der Waals surface area contributed by atoms with Crippen LogP contribution >= 0.6 is 11.6 Å². The van der Waals surface area contributed by atoms with E-state index in [1.807, 2.05) is 0 Å². The molecule has 5 nitrogen and oxygen atoms in total. The Balaban J connectivity index is 3.21. The van der Waals surface area contributed by atoms with E-state index in [1.54, 1.807) is 13.8 Å². The quantitative estimate of drug-likeness (QED) is 0.657. The van der Waals surface area contributed by atoms with Gasteiger partial charge in [0.15, 0.2) is 0 Å². The lowest BCUT2D eigenvalue weighted by Gasteiger charge is -2.25. The molecule has 0 aliphatic rings. The first kappa shape index (κ1) is 15.5. The summed E-state index contributed by atoms with van der Waals surface area (Å²) < 4.78 is 9.72. The van der Waals surface area contributed by atoms with Gasteiger partial charge in [0.25, 0.3) is 0 Å². The van der Waals surface area contributed by atoms with Gasteiger partial charge in [-0.05, 0) is 31.5 Å². The van der Waals surface area contributed by atoms with E-state index in [4.69, 9.17) is 26.8 Å². The van der Waals surface area contributed by atoms with Crippen molar-refractivity contribution < 1.29 is 19.1 Å². The lowest BCUT2D eigenvalue weighted by atomic mass is 9.91. The van der Waals surface area contributed by atoms with Gasteiger partial charge in [-0.2, -0.15) is 0 Å². The number of halogens is 1. The third kappa shape index (κ3) is 3.24. The zero-order valence-corrected chi connectivity index (χ0v) is 11.6. The summed E-state index contributed by atoms with van der Waals surface area (Å²) >= 11 is 5.77. The maximum absolute atomic E-state index is 12.0. The van der Waals surface area contributed by atoms with Crippen LogP contribution in [0.4, 0.5) is 0 Å². The maximum atomic E-state index is 12.0. The van der Waals surface area contributed by atoms with Crippen LogP contribution in [0.15, 0.2) is 24.3 Å². The summed E-state index contributed by atoms with van der Waals surface area (Å²) in [5.41, 5.74) is 4.23. The highest BCUT2D eigenvalue weighted by atomic mass is 35.5. The predicted octanol–water partition coefficient (Wildman–Crippen LogP) is 1.62. The Morgan fingerprint density at radius 2 is 1.53 bits per heavy atom. The average molecular weight is 286 g/mol. The first-order valence-corrected chi connectivity index (χ1v) is 6.24. The van der Waals surface area contributed by atoms with Crippen LogP contribution in [-0.2, 0) is 24.6 Å². The molecule has 0 aliphatic carbocycles. The molecule has 1 aromatic rings. The van der Waals surface area contributed by atoms with E-state index in [1.165, 1.54) is 24.3 Å². The molecule has 0 aliphatic heterocycles. The van der Waals surface area contributed by atoms with Crippen LogP contribution in [0.25, 0.3) is 0 Å². The van der Waals surface area contributed by atoms with Crippen LogP contribution in [0.2, 0.25) is 5.02 Å². The molecule has 6 heteroatoms. The van der Waals surface area contributed by atoms with Gasteiger partial charge in [0, 0.05) is 5.02 Å². The van der Waals surface area contributed by atoms with Crippen LogP contribution in [0.5, 0.6) is 0 Å². The van der Waals surface area contributed by atoms with E-state index in [9.17, 15) is 9.59 Å². The summed E-state index contributed by atoms with van der Waals surface area (Å²) in [6.07, 6.45) is 0. The fraction of sp³-hybridized carbons (Fsp3) is 0.385. The second-order valence-corrected chi connectivity index (χ2v) is 4.19. The van der Waals surface area contributed by atoms with Crippen LogP contribution in [0.3, 0.4) is 0 Å². The van der Waals surface area contributed by atoms with Crippen molar-refractivity contribution in [1.29, 1.82) is 0 Å². The summed E-state index contributed by atoms with van der Waals surface area (Å²) in [5.74, 6) is -1.70. The molecule has 0 saturated carbocycles. The highest BCUT2D eigenvalue weighted by molar-refractivity contribution is 6.30. The summed E-state index contributed by atoms with van der Waals surface area (Å²) in [5, 5.41) is 0.471. The zero-order chi connectivity index (χ0) is 14.5. The van der Waals surface area contributed by atoms with E-state index in [0.29, 0.717) is 5.02 Å². The number of carbonyl (C=O) groups is 2. The number of carbonyl (C=O) groups excluding carboxylic acids is 2. The van der Waals surface area contributed by atoms with Gasteiger partial charge in [0.05, 0.1) is 13.2 Å². The average Bonchev–Trinajstić information content (AvgIpc) is 2.39. The Morgan fingerprint density at radius 3 is 1.89 bits per heavy atom. The number of hydrogen-bond acceptors (Lipinski definition) is 5. The Hall–Kier alpha value is -1.59. The van der Waals surface area contributed by atoms with E-state index >= 15 is 0 Å². The molecular formula is C13H16ClNO4. The normalized spacial score (nSPS) is 10.9. The standard InChI is InChI=1S/C13H16ClNO4/c1-3-18-11(16)13(15,12(17)19-4-2)9-5-7-10(14)8-6-9/h5-8H,3-4,15H2,1-2H3. The number of nitrogens with two attached hydrogens (primary N) is 1. The van der Waals surface area contributed by atoms with Crippen LogP contribution in [-0.4, -0.2) is 25.2 Å². The third-order valence-corrected chi connectivity index (χ3v) is 2.75. The summed E-state index contributed by atoms with van der Waals surface area (Å²) in [7, 11) is 0. The molecule has 0 saturated heterocycles. The van der Waals surface area contributed by atoms with Crippen molar-refractivity contribution in [2.75, 3.05) is 13.2 Å². The SMILES string of the molecule is CCOC(=O)C(N)(C(=O)OCC)c1ccc(Cl)cc1. The first-order valence-electron chi connectivity index (χ1n) is 5.86. The summed E-state index contributed by atoms with van der Waals surface area (Å²) in [4.78, 5) is 24.0. The number of hydrogen-bond donors (Lipinski definition) is 1. The molecule has 0 amide bonds. The Kier molecular flexibility index (Phi) is 5.32. The molecule has 0 atom stereocenters. The number of ether oxygens (including phenoxy) is 2. The highest BCUT2D eigenvalue weighted by Crippen LogP contribution is 2.24. The molecule has 104 valence electrons. The van der Waals surface area contributed by atoms with Crippen LogP contribution < -0.4 is 5.73 Å². The van der Waals surface area contributed by atoms with Gasteiger partial charge in [-0.15, -0.1) is 0 Å². The van der Waals surface area contributed by atoms with Gasteiger partial charge in [0.1, 0.15) is 0 Å². The molecular weight excluding hydrogens is 270 g/mol. The van der Waals surface area contributed by atoms with Crippen molar-refractivity contribution in [3.05, 3.63) is 34.9 Å². The predicted molar refractivity (Wildman–Crippen MR) is 70.6 cm³/mol. The molecule has 0 bridgehead atoms. The molecule has 0 unspecified atom stereocenters. The van der Waals surface area contributed by atoms with Gasteiger partial charge in [-0.25, -0.2) is 9.59 Å². The topological polar surface area (TPSA) is 78.6 Å². The minimum absolute atomic E-state index is 0.116. The van der Waals surface area contributed by atoms with Crippen LogP contribution in [0.1, 0.15) is 19.4 Å². The molecule has 19 heavy (non-hydrogen) atoms. The maximum Gasteiger partial charge on any atom is 0.342 e. The van der Waals surface area contributed by atoms with Gasteiger partial charge in [-0.1, -0.05) is 23.7 Å². The number of benzene rings is 1. The van der Waals surface area contributed by atoms with Crippen molar-refractivity contribution in [1.82, 2.24) is 0 Å². The first-order chi connectivity index (χ1) is 8.96. The van der Waals surface area contributed by atoms with Gasteiger partial charge < -0.3 is 15.2 Å². The van der Waals surface area contributed by atoms with Gasteiger partial charge in [-0.3, -0.25) is 0 Å². The summed E-state index contributed by atoms with van der Waals surface area (Å²) in [6, 6.07) is 6.07. The van der Waals surface area contributed by atoms with Crippen molar-refractivity contribution in [3.63, 3.8) is 0 Å². The zero-order valence-electron chi connectivity index (χ0n) is 10.8. The fourth-order valence-electron chi connectivity index (χ4n) is 1.52. The fourth-order valence-corrected chi connectivity index (χ4v) is 1.65. The summed E-state index contributed by atoms with van der Waals surface area (Å²) in [6.45, 7) is 3.49. The molecule has 0 aromatic heterocycles. The highest BCUT2D eigenvalue weighted by Gasteiger charge is 2.47. The molecule has 1 aromatic carbocycles. The van der Waals surface area contributed by atoms with Crippen molar-refractivity contribution in [2.24, 2.45) is 5.73 Å². The minimum Gasteiger partial charge on any atom is -0.464 e. The molecule has 2 N–H and O–H groups in total. The molecule has 0 spiro atoms. The van der Waals surface area contributed by atoms with E-state index in [2.05, 4.69) is 0 Å². The second-order valence-electron chi connectivity index (χ2n) is 3.76. The molecule has 0 heterocycles. The molecule has 0 fully saturated rings. The van der Waals surface area contributed by atoms with Gasteiger partial charge in [0.2, 0.25) is 5.54 Å². The number of rotatable bonds is 5. The van der Waals surface area contributed by atoms with E-state index in [-0.39, 0.29) is 18.8 Å². The lowest BCUT2D eigenvalue weighted by molar-refractivity contribution is -0.164. The number of esters is 2. The second kappa shape index (κ2) is 6.54. The monoisotopic (exact) mass is 285 g/mol. The lowest BCUT2D eigenvalue weighted by Crippen LogP contribution is -2.53. The third-order valence-electron chi connectivity index (χ3n) is 2.49. The smallest absolute Gasteiger partial charge is 0.342 e. The van der Waals surface area contributed by atoms with Gasteiger partial charge >= 0.3 is 11.9 Å². The van der Waals surface area contributed by atoms with Crippen molar-refractivity contribution >= 4 is 23.5 Å². The van der Waals surface area contributed by atoms with Crippen LogP contribution in [0, 0.1) is 0 Å². The van der Waals surface area contributed by atoms with E-state index < -0.39 is 17.5 Å². The Morgan fingerprint density at radius 1 is 1.11 bits per heavy atom.